The molecule has 2 aromatic carbocycles. The lowest BCUT2D eigenvalue weighted by molar-refractivity contribution is 0.0893. The SMILES string of the molecule is COc1cc(C)c2c(O)c3c(cc2c1)[C@@H](O)CCC3=O. The summed E-state index contributed by atoms with van der Waals surface area (Å²) in [6, 6.07) is 5.40. The molecule has 20 heavy (non-hydrogen) atoms. The Morgan fingerprint density at radius 2 is 2.05 bits per heavy atom. The van der Waals surface area contributed by atoms with Crippen LogP contribution in [0.4, 0.5) is 0 Å². The first kappa shape index (κ1) is 12.9. The number of aliphatic hydroxyl groups is 1. The number of phenols is 1. The third-order valence-corrected chi connectivity index (χ3v) is 3.93. The van der Waals surface area contributed by atoms with E-state index in [1.54, 1.807) is 19.2 Å². The Morgan fingerprint density at radius 1 is 1.30 bits per heavy atom. The Bertz CT molecular complexity index is 718. The number of carbonyl (C=O) groups is 1. The summed E-state index contributed by atoms with van der Waals surface area (Å²) in [5, 5.41) is 21.9. The molecule has 1 aliphatic carbocycles. The number of phenolic OH excluding ortho intramolecular Hbond substituents is 1. The number of methoxy groups -OCH3 is 1. The molecule has 0 saturated heterocycles. The predicted octanol–water partition coefficient (Wildman–Crippen LogP) is 2.87. The number of ketones is 1. The molecular formula is C16H16O4. The maximum absolute atomic E-state index is 12.0. The highest BCUT2D eigenvalue weighted by atomic mass is 16.5. The van der Waals surface area contributed by atoms with Crippen molar-refractivity contribution in [3.05, 3.63) is 34.9 Å². The number of carbonyl (C=O) groups excluding carboxylic acids is 1. The molecule has 3 rings (SSSR count). The lowest BCUT2D eigenvalue weighted by Gasteiger charge is -2.23. The van der Waals surface area contributed by atoms with Crippen molar-refractivity contribution < 1.29 is 19.7 Å². The minimum atomic E-state index is -0.704. The lowest BCUT2D eigenvalue weighted by atomic mass is 9.85. The summed E-state index contributed by atoms with van der Waals surface area (Å²) in [5.74, 6) is 0.548. The first-order valence-corrected chi connectivity index (χ1v) is 6.58. The van der Waals surface area contributed by atoms with Crippen LogP contribution in [0.3, 0.4) is 0 Å². The molecule has 0 heterocycles. The van der Waals surface area contributed by atoms with E-state index in [1.165, 1.54) is 0 Å². The Labute approximate surface area is 116 Å². The zero-order valence-electron chi connectivity index (χ0n) is 11.4. The van der Waals surface area contributed by atoms with Crippen LogP contribution in [0.2, 0.25) is 0 Å². The molecule has 2 N–H and O–H groups in total. The summed E-state index contributed by atoms with van der Waals surface area (Å²) in [7, 11) is 1.58. The van der Waals surface area contributed by atoms with Gasteiger partial charge in [0.05, 0.1) is 18.8 Å². The highest BCUT2D eigenvalue weighted by Gasteiger charge is 2.28. The van der Waals surface area contributed by atoms with Gasteiger partial charge in [0.25, 0.3) is 0 Å². The minimum absolute atomic E-state index is 0.0265. The van der Waals surface area contributed by atoms with Gasteiger partial charge in [-0.05, 0) is 48.1 Å². The maximum atomic E-state index is 12.0. The molecule has 2 aromatic rings. The molecule has 1 aliphatic rings. The van der Waals surface area contributed by atoms with Crippen LogP contribution >= 0.6 is 0 Å². The van der Waals surface area contributed by atoms with Crippen molar-refractivity contribution in [3.8, 4) is 11.5 Å². The molecule has 4 heteroatoms. The Morgan fingerprint density at radius 3 is 2.75 bits per heavy atom. The standard InChI is InChI=1S/C16H16O4/c1-8-5-10(20-2)6-9-7-11-12(17)3-4-13(18)15(11)16(19)14(8)9/h5-7,12,17,19H,3-4H2,1-2H3/t12-/m0/s1. The number of aromatic hydroxyl groups is 1. The fourth-order valence-electron chi connectivity index (χ4n) is 2.94. The number of aryl methyl sites for hydroxylation is 1. The monoisotopic (exact) mass is 272 g/mol. The van der Waals surface area contributed by atoms with Gasteiger partial charge >= 0.3 is 0 Å². The average molecular weight is 272 g/mol. The summed E-state index contributed by atoms with van der Waals surface area (Å²) >= 11 is 0. The molecule has 0 bridgehead atoms. The van der Waals surface area contributed by atoms with Crippen molar-refractivity contribution in [1.82, 2.24) is 0 Å². The molecule has 4 nitrogen and oxygen atoms in total. The second-order valence-corrected chi connectivity index (χ2v) is 5.21. The quantitative estimate of drug-likeness (QED) is 0.837. The van der Waals surface area contributed by atoms with E-state index in [0.717, 1.165) is 10.9 Å². The normalized spacial score (nSPS) is 18.1. The summed E-state index contributed by atoms with van der Waals surface area (Å²) in [6.07, 6.45) is -0.0353. The number of hydrogen-bond donors (Lipinski definition) is 2. The Kier molecular flexibility index (Phi) is 2.91. The van der Waals surface area contributed by atoms with Crippen molar-refractivity contribution >= 4 is 16.6 Å². The van der Waals surface area contributed by atoms with E-state index < -0.39 is 6.10 Å². The summed E-state index contributed by atoms with van der Waals surface area (Å²) in [4.78, 5) is 12.0. The van der Waals surface area contributed by atoms with Gasteiger partial charge in [0.1, 0.15) is 11.5 Å². The molecule has 0 fully saturated rings. The topological polar surface area (TPSA) is 66.8 Å². The summed E-state index contributed by atoms with van der Waals surface area (Å²) < 4.78 is 5.22. The van der Waals surface area contributed by atoms with Gasteiger partial charge in [0.15, 0.2) is 5.78 Å². The molecule has 0 unspecified atom stereocenters. The highest BCUT2D eigenvalue weighted by molar-refractivity contribution is 6.08. The van der Waals surface area contributed by atoms with E-state index in [1.807, 2.05) is 13.0 Å². The zero-order chi connectivity index (χ0) is 14.4. The molecule has 104 valence electrons. The van der Waals surface area contributed by atoms with Crippen LogP contribution in [0.5, 0.6) is 11.5 Å². The molecular weight excluding hydrogens is 256 g/mol. The number of aliphatic hydroxyl groups excluding tert-OH is 1. The molecule has 0 aliphatic heterocycles. The molecule has 0 aromatic heterocycles. The van der Waals surface area contributed by atoms with E-state index in [0.29, 0.717) is 23.1 Å². The number of hydrogen-bond acceptors (Lipinski definition) is 4. The summed E-state index contributed by atoms with van der Waals surface area (Å²) in [6.45, 7) is 1.86. The van der Waals surface area contributed by atoms with Crippen molar-refractivity contribution in [2.75, 3.05) is 7.11 Å². The molecule has 0 radical (unpaired) electrons. The third kappa shape index (κ3) is 1.76. The van der Waals surface area contributed by atoms with Gasteiger partial charge in [-0.25, -0.2) is 0 Å². The maximum Gasteiger partial charge on any atom is 0.167 e. The number of Topliss-reactive ketones (excluding diaryl/α,β-unsaturated/α-hetero) is 1. The van der Waals surface area contributed by atoms with Crippen molar-refractivity contribution in [2.24, 2.45) is 0 Å². The number of benzene rings is 2. The largest absolute Gasteiger partial charge is 0.507 e. The first-order chi connectivity index (χ1) is 9.52. The zero-order valence-corrected chi connectivity index (χ0v) is 11.4. The van der Waals surface area contributed by atoms with Gasteiger partial charge in [-0.1, -0.05) is 0 Å². The second-order valence-electron chi connectivity index (χ2n) is 5.21. The van der Waals surface area contributed by atoms with E-state index in [2.05, 4.69) is 0 Å². The number of rotatable bonds is 1. The summed E-state index contributed by atoms with van der Waals surface area (Å²) in [5.41, 5.74) is 1.62. The minimum Gasteiger partial charge on any atom is -0.507 e. The van der Waals surface area contributed by atoms with E-state index in [9.17, 15) is 15.0 Å². The molecule has 0 amide bonds. The van der Waals surface area contributed by atoms with Gasteiger partial charge < -0.3 is 14.9 Å². The Balaban J connectivity index is 2.41. The van der Waals surface area contributed by atoms with Crippen molar-refractivity contribution in [1.29, 1.82) is 0 Å². The smallest absolute Gasteiger partial charge is 0.167 e. The first-order valence-electron chi connectivity index (χ1n) is 6.58. The van der Waals surface area contributed by atoms with E-state index >= 15 is 0 Å². The number of fused-ring (bicyclic) bond motifs is 2. The van der Waals surface area contributed by atoms with Crippen LogP contribution < -0.4 is 4.74 Å². The van der Waals surface area contributed by atoms with Crippen LogP contribution in [-0.2, 0) is 0 Å². The number of ether oxygens (including phenoxy) is 1. The molecule has 1 atom stereocenters. The van der Waals surface area contributed by atoms with Gasteiger partial charge in [0.2, 0.25) is 0 Å². The van der Waals surface area contributed by atoms with E-state index in [4.69, 9.17) is 4.74 Å². The second kappa shape index (κ2) is 4.49. The van der Waals surface area contributed by atoms with Crippen LogP contribution in [-0.4, -0.2) is 23.1 Å². The van der Waals surface area contributed by atoms with Crippen LogP contribution in [0, 0.1) is 6.92 Å². The average Bonchev–Trinajstić information content (AvgIpc) is 2.42. The van der Waals surface area contributed by atoms with Gasteiger partial charge in [-0.15, -0.1) is 0 Å². The molecule has 0 saturated carbocycles. The fourth-order valence-corrected chi connectivity index (χ4v) is 2.94. The third-order valence-electron chi connectivity index (χ3n) is 3.93. The van der Waals surface area contributed by atoms with Crippen LogP contribution in [0.25, 0.3) is 10.8 Å². The predicted molar refractivity (Wildman–Crippen MR) is 75.4 cm³/mol. The van der Waals surface area contributed by atoms with Gasteiger partial charge in [0, 0.05) is 11.8 Å². The molecule has 0 spiro atoms. The van der Waals surface area contributed by atoms with Crippen molar-refractivity contribution in [3.63, 3.8) is 0 Å². The fraction of sp³-hybridized carbons (Fsp3) is 0.312. The Hall–Kier alpha value is -2.07. The lowest BCUT2D eigenvalue weighted by Crippen LogP contribution is -2.15. The van der Waals surface area contributed by atoms with E-state index in [-0.39, 0.29) is 23.5 Å². The van der Waals surface area contributed by atoms with Crippen molar-refractivity contribution in [2.45, 2.75) is 25.9 Å². The van der Waals surface area contributed by atoms with Gasteiger partial charge in [-0.3, -0.25) is 4.79 Å². The highest BCUT2D eigenvalue weighted by Crippen LogP contribution is 2.42. The van der Waals surface area contributed by atoms with Gasteiger partial charge in [-0.2, -0.15) is 0 Å². The van der Waals surface area contributed by atoms with Crippen LogP contribution in [0.15, 0.2) is 18.2 Å². The van der Waals surface area contributed by atoms with Crippen LogP contribution in [0.1, 0.15) is 40.4 Å².